The highest BCUT2D eigenvalue weighted by Gasteiger charge is 2.16. The molecule has 0 unspecified atom stereocenters. The minimum absolute atomic E-state index is 0.178. The first kappa shape index (κ1) is 11.3. The molecule has 14 heavy (non-hydrogen) atoms. The zero-order chi connectivity index (χ0) is 10.7. The van der Waals surface area contributed by atoms with E-state index >= 15 is 0 Å². The summed E-state index contributed by atoms with van der Waals surface area (Å²) in [5, 5.41) is 0. The van der Waals surface area contributed by atoms with Crippen LogP contribution in [0.2, 0.25) is 0 Å². The van der Waals surface area contributed by atoms with Crippen LogP contribution in [0.15, 0.2) is 10.5 Å². The van der Waals surface area contributed by atoms with Crippen molar-refractivity contribution in [2.24, 2.45) is 5.73 Å². The number of methoxy groups -OCH3 is 2. The second-order valence-electron chi connectivity index (χ2n) is 2.59. The van der Waals surface area contributed by atoms with Gasteiger partial charge in [0.15, 0.2) is 11.5 Å². The van der Waals surface area contributed by atoms with Gasteiger partial charge in [0.1, 0.15) is 5.82 Å². The number of halogens is 2. The molecule has 0 atom stereocenters. The Balaban J connectivity index is 3.42. The molecular formula is C9H11BrFNO2. The number of nitrogens with two attached hydrogens (primary N) is 1. The van der Waals surface area contributed by atoms with Crippen LogP contribution in [-0.2, 0) is 6.54 Å². The van der Waals surface area contributed by atoms with Crippen LogP contribution in [0.5, 0.6) is 11.5 Å². The molecule has 78 valence electrons. The lowest BCUT2D eigenvalue weighted by Crippen LogP contribution is -2.04. The summed E-state index contributed by atoms with van der Waals surface area (Å²) in [5.74, 6) is 0.389. The van der Waals surface area contributed by atoms with Crippen LogP contribution < -0.4 is 15.2 Å². The summed E-state index contributed by atoms with van der Waals surface area (Å²) in [6.07, 6.45) is 0. The molecule has 3 nitrogen and oxygen atoms in total. The first-order chi connectivity index (χ1) is 6.65. The van der Waals surface area contributed by atoms with Crippen molar-refractivity contribution in [2.75, 3.05) is 14.2 Å². The summed E-state index contributed by atoms with van der Waals surface area (Å²) >= 11 is 3.10. The molecule has 1 aromatic carbocycles. The molecule has 1 aromatic rings. The van der Waals surface area contributed by atoms with E-state index in [1.807, 2.05) is 0 Å². The number of rotatable bonds is 3. The molecule has 2 N–H and O–H groups in total. The summed E-state index contributed by atoms with van der Waals surface area (Å²) in [5.41, 5.74) is 6.05. The van der Waals surface area contributed by atoms with Gasteiger partial charge in [0.2, 0.25) is 0 Å². The molecule has 0 aliphatic heterocycles. The van der Waals surface area contributed by atoms with E-state index in [9.17, 15) is 4.39 Å². The predicted octanol–water partition coefficient (Wildman–Crippen LogP) is 2.06. The number of ether oxygens (including phenoxy) is 2. The number of hydrogen-bond acceptors (Lipinski definition) is 3. The Morgan fingerprint density at radius 3 is 2.50 bits per heavy atom. The van der Waals surface area contributed by atoms with Crippen LogP contribution in [-0.4, -0.2) is 14.2 Å². The van der Waals surface area contributed by atoms with E-state index < -0.39 is 5.82 Å². The molecule has 0 spiro atoms. The molecule has 0 aliphatic carbocycles. The normalized spacial score (nSPS) is 10.1. The monoisotopic (exact) mass is 263 g/mol. The van der Waals surface area contributed by atoms with E-state index in [2.05, 4.69) is 15.9 Å². The maximum absolute atomic E-state index is 13.3. The number of hydrogen-bond donors (Lipinski definition) is 1. The lowest BCUT2D eigenvalue weighted by molar-refractivity contribution is 0.348. The van der Waals surface area contributed by atoms with E-state index in [0.29, 0.717) is 21.5 Å². The Labute approximate surface area is 90.1 Å². The van der Waals surface area contributed by atoms with Gasteiger partial charge in [-0.15, -0.1) is 0 Å². The van der Waals surface area contributed by atoms with Crippen LogP contribution in [0.3, 0.4) is 0 Å². The van der Waals surface area contributed by atoms with Gasteiger partial charge in [-0.1, -0.05) is 0 Å². The quantitative estimate of drug-likeness (QED) is 0.908. The lowest BCUT2D eigenvalue weighted by atomic mass is 10.2. The Bertz CT molecular complexity index is 344. The lowest BCUT2D eigenvalue weighted by Gasteiger charge is -2.13. The van der Waals surface area contributed by atoms with E-state index in [1.165, 1.54) is 20.3 Å². The average molecular weight is 264 g/mol. The number of benzene rings is 1. The Hall–Kier alpha value is -0.810. The zero-order valence-electron chi connectivity index (χ0n) is 7.93. The van der Waals surface area contributed by atoms with Gasteiger partial charge in [0.05, 0.1) is 18.7 Å². The van der Waals surface area contributed by atoms with Crippen molar-refractivity contribution < 1.29 is 13.9 Å². The van der Waals surface area contributed by atoms with Gasteiger partial charge in [0, 0.05) is 18.2 Å². The smallest absolute Gasteiger partial charge is 0.166 e. The standard InChI is InChI=1S/C9H11BrFNO2/c1-13-7-3-6(11)8(10)5(4-12)9(7)14-2/h3H,4,12H2,1-2H3. The molecule has 0 bridgehead atoms. The Kier molecular flexibility index (Phi) is 3.71. The summed E-state index contributed by atoms with van der Waals surface area (Å²) in [6.45, 7) is 0.178. The highest BCUT2D eigenvalue weighted by atomic mass is 79.9. The third-order valence-electron chi connectivity index (χ3n) is 1.86. The van der Waals surface area contributed by atoms with Crippen LogP contribution >= 0.6 is 15.9 Å². The van der Waals surface area contributed by atoms with Crippen LogP contribution in [0, 0.1) is 5.82 Å². The van der Waals surface area contributed by atoms with Crippen LogP contribution in [0.1, 0.15) is 5.56 Å². The summed E-state index contributed by atoms with van der Waals surface area (Å²) in [6, 6.07) is 1.25. The van der Waals surface area contributed by atoms with Crippen LogP contribution in [0.25, 0.3) is 0 Å². The minimum atomic E-state index is -0.414. The molecule has 0 saturated heterocycles. The maximum Gasteiger partial charge on any atom is 0.166 e. The Morgan fingerprint density at radius 1 is 1.43 bits per heavy atom. The van der Waals surface area contributed by atoms with Crippen molar-refractivity contribution in [3.63, 3.8) is 0 Å². The largest absolute Gasteiger partial charge is 0.493 e. The van der Waals surface area contributed by atoms with Crippen LogP contribution in [0.4, 0.5) is 4.39 Å². The predicted molar refractivity (Wildman–Crippen MR) is 55.1 cm³/mol. The van der Waals surface area contributed by atoms with E-state index in [4.69, 9.17) is 15.2 Å². The fourth-order valence-electron chi connectivity index (χ4n) is 1.19. The van der Waals surface area contributed by atoms with E-state index in [1.54, 1.807) is 0 Å². The zero-order valence-corrected chi connectivity index (χ0v) is 9.52. The van der Waals surface area contributed by atoms with Gasteiger partial charge in [-0.05, 0) is 15.9 Å². The topological polar surface area (TPSA) is 44.5 Å². The molecule has 0 amide bonds. The Morgan fingerprint density at radius 2 is 2.07 bits per heavy atom. The molecule has 1 rings (SSSR count). The highest BCUT2D eigenvalue weighted by Crippen LogP contribution is 2.37. The molecule has 0 aromatic heterocycles. The second-order valence-corrected chi connectivity index (χ2v) is 3.38. The molecule has 0 fully saturated rings. The van der Waals surface area contributed by atoms with E-state index in [0.717, 1.165) is 0 Å². The maximum atomic E-state index is 13.3. The van der Waals surface area contributed by atoms with Gasteiger partial charge >= 0.3 is 0 Å². The fraction of sp³-hybridized carbons (Fsp3) is 0.333. The first-order valence-electron chi connectivity index (χ1n) is 3.94. The average Bonchev–Trinajstić information content (AvgIpc) is 2.20. The van der Waals surface area contributed by atoms with Crippen molar-refractivity contribution >= 4 is 15.9 Å². The third-order valence-corrected chi connectivity index (χ3v) is 2.72. The fourth-order valence-corrected chi connectivity index (χ4v) is 1.65. The van der Waals surface area contributed by atoms with Crippen molar-refractivity contribution in [2.45, 2.75) is 6.54 Å². The summed E-state index contributed by atoms with van der Waals surface area (Å²) in [7, 11) is 2.94. The minimum Gasteiger partial charge on any atom is -0.493 e. The highest BCUT2D eigenvalue weighted by molar-refractivity contribution is 9.10. The molecular weight excluding hydrogens is 253 g/mol. The van der Waals surface area contributed by atoms with Crippen molar-refractivity contribution in [1.82, 2.24) is 0 Å². The van der Waals surface area contributed by atoms with E-state index in [-0.39, 0.29) is 6.54 Å². The van der Waals surface area contributed by atoms with Gasteiger partial charge < -0.3 is 15.2 Å². The van der Waals surface area contributed by atoms with Gasteiger partial charge in [-0.25, -0.2) is 4.39 Å². The third kappa shape index (κ3) is 1.83. The van der Waals surface area contributed by atoms with Gasteiger partial charge in [0.25, 0.3) is 0 Å². The van der Waals surface area contributed by atoms with Crippen molar-refractivity contribution in [3.05, 3.63) is 21.9 Å². The molecule has 0 saturated carbocycles. The summed E-state index contributed by atoms with van der Waals surface area (Å²) < 4.78 is 23.7. The summed E-state index contributed by atoms with van der Waals surface area (Å²) in [4.78, 5) is 0. The van der Waals surface area contributed by atoms with Crippen molar-refractivity contribution in [1.29, 1.82) is 0 Å². The molecule has 0 heterocycles. The molecule has 0 aliphatic rings. The molecule has 0 radical (unpaired) electrons. The van der Waals surface area contributed by atoms with Gasteiger partial charge in [-0.3, -0.25) is 0 Å². The molecule has 5 heteroatoms. The second kappa shape index (κ2) is 4.61. The first-order valence-corrected chi connectivity index (χ1v) is 4.73. The van der Waals surface area contributed by atoms with Gasteiger partial charge in [-0.2, -0.15) is 0 Å². The van der Waals surface area contributed by atoms with Crippen molar-refractivity contribution in [3.8, 4) is 11.5 Å². The SMILES string of the molecule is COc1cc(F)c(Br)c(CN)c1OC.